The maximum absolute atomic E-state index is 12.5. The largest absolute Gasteiger partial charge is 0.342 e. The molecule has 1 aromatic rings. The highest BCUT2D eigenvalue weighted by molar-refractivity contribution is 7.92. The predicted molar refractivity (Wildman–Crippen MR) is 92.3 cm³/mol. The molecule has 1 saturated heterocycles. The van der Waals surface area contributed by atoms with Gasteiger partial charge in [-0.3, -0.25) is 13.9 Å². The fourth-order valence-corrected chi connectivity index (χ4v) is 3.59. The molecule has 0 radical (unpaired) electrons. The first kappa shape index (κ1) is 18.3. The number of amides is 2. The van der Waals surface area contributed by atoms with Crippen LogP contribution in [0.2, 0.25) is 0 Å². The zero-order valence-corrected chi connectivity index (χ0v) is 15.0. The van der Waals surface area contributed by atoms with E-state index in [0.29, 0.717) is 31.9 Å². The minimum Gasteiger partial charge on any atom is -0.342 e. The number of hydrogen-bond acceptors (Lipinski definition) is 4. The maximum atomic E-state index is 12.5. The van der Waals surface area contributed by atoms with E-state index in [4.69, 9.17) is 0 Å². The second kappa shape index (κ2) is 7.21. The Morgan fingerprint density at radius 3 is 2.38 bits per heavy atom. The van der Waals surface area contributed by atoms with Gasteiger partial charge in [0.2, 0.25) is 22.3 Å². The summed E-state index contributed by atoms with van der Waals surface area (Å²) in [7, 11) is -3.59. The molecule has 0 aromatic heterocycles. The molecule has 24 heavy (non-hydrogen) atoms. The van der Waals surface area contributed by atoms with Gasteiger partial charge in [0.15, 0.2) is 0 Å². The molecule has 1 fully saturated rings. The van der Waals surface area contributed by atoms with Gasteiger partial charge in [0.1, 0.15) is 6.54 Å². The number of sulfonamides is 1. The summed E-state index contributed by atoms with van der Waals surface area (Å²) >= 11 is 0. The van der Waals surface area contributed by atoms with Crippen molar-refractivity contribution in [3.8, 4) is 0 Å². The Balaban J connectivity index is 2.20. The summed E-state index contributed by atoms with van der Waals surface area (Å²) in [6, 6.07) is 5.39. The van der Waals surface area contributed by atoms with Gasteiger partial charge in [-0.05, 0) is 31.0 Å². The number of aryl methyl sites for hydroxylation is 1. The molecule has 7 nitrogen and oxygen atoms in total. The fourth-order valence-electron chi connectivity index (χ4n) is 2.69. The molecule has 1 aromatic carbocycles. The standard InChI is InChI=1S/C16H23N3O4S/c1-13-5-4-6-15(14(13)2)19(24(3,22)23)11-16(21)18-9-7-17(12-20)8-10-18/h4-6,12H,7-11H2,1-3H3. The summed E-state index contributed by atoms with van der Waals surface area (Å²) < 4.78 is 25.6. The molecule has 0 saturated carbocycles. The summed E-state index contributed by atoms with van der Waals surface area (Å²) in [6.45, 7) is 5.29. The zero-order valence-electron chi connectivity index (χ0n) is 14.2. The minimum absolute atomic E-state index is 0.232. The van der Waals surface area contributed by atoms with E-state index in [9.17, 15) is 18.0 Å². The highest BCUT2D eigenvalue weighted by Crippen LogP contribution is 2.25. The van der Waals surface area contributed by atoms with Crippen LogP contribution in [0, 0.1) is 13.8 Å². The van der Waals surface area contributed by atoms with Gasteiger partial charge in [-0.15, -0.1) is 0 Å². The summed E-state index contributed by atoms with van der Waals surface area (Å²) in [6.07, 6.45) is 1.87. The Morgan fingerprint density at radius 1 is 1.21 bits per heavy atom. The number of carbonyl (C=O) groups is 2. The van der Waals surface area contributed by atoms with E-state index in [-0.39, 0.29) is 12.5 Å². The summed E-state index contributed by atoms with van der Waals surface area (Å²) in [5.74, 6) is -0.258. The summed E-state index contributed by atoms with van der Waals surface area (Å²) in [5, 5.41) is 0. The van der Waals surface area contributed by atoms with E-state index in [1.54, 1.807) is 21.9 Å². The van der Waals surface area contributed by atoms with Crippen molar-refractivity contribution in [2.75, 3.05) is 43.3 Å². The van der Waals surface area contributed by atoms with E-state index in [1.807, 2.05) is 19.9 Å². The molecule has 0 N–H and O–H groups in total. The van der Waals surface area contributed by atoms with Gasteiger partial charge in [0, 0.05) is 26.2 Å². The topological polar surface area (TPSA) is 78.0 Å². The third-order valence-corrected chi connectivity index (χ3v) is 5.47. The monoisotopic (exact) mass is 353 g/mol. The molecule has 0 aliphatic carbocycles. The van der Waals surface area contributed by atoms with Crippen LogP contribution in [0.5, 0.6) is 0 Å². The van der Waals surface area contributed by atoms with Crippen molar-refractivity contribution in [1.82, 2.24) is 9.80 Å². The van der Waals surface area contributed by atoms with E-state index < -0.39 is 10.0 Å². The van der Waals surface area contributed by atoms with Gasteiger partial charge >= 0.3 is 0 Å². The van der Waals surface area contributed by atoms with E-state index >= 15 is 0 Å². The first-order chi connectivity index (χ1) is 11.2. The molecule has 8 heteroatoms. The lowest BCUT2D eigenvalue weighted by Crippen LogP contribution is -2.51. The zero-order chi connectivity index (χ0) is 17.9. The van der Waals surface area contributed by atoms with Crippen molar-refractivity contribution in [3.05, 3.63) is 29.3 Å². The Morgan fingerprint density at radius 2 is 1.83 bits per heavy atom. The summed E-state index contributed by atoms with van der Waals surface area (Å²) in [5.41, 5.74) is 2.33. The van der Waals surface area contributed by atoms with Crippen LogP contribution in [0.25, 0.3) is 0 Å². The average molecular weight is 353 g/mol. The number of carbonyl (C=O) groups excluding carboxylic acids is 2. The Labute approximate surface area is 142 Å². The lowest BCUT2D eigenvalue weighted by Gasteiger charge is -2.34. The average Bonchev–Trinajstić information content (AvgIpc) is 2.54. The van der Waals surface area contributed by atoms with Crippen LogP contribution in [-0.2, 0) is 19.6 Å². The van der Waals surface area contributed by atoms with E-state index in [2.05, 4.69) is 0 Å². The van der Waals surface area contributed by atoms with Crippen molar-refractivity contribution in [1.29, 1.82) is 0 Å². The SMILES string of the molecule is Cc1cccc(N(CC(=O)N2CCN(C=O)CC2)S(C)(=O)=O)c1C. The third kappa shape index (κ3) is 4.05. The number of anilines is 1. The molecule has 0 atom stereocenters. The maximum Gasteiger partial charge on any atom is 0.243 e. The fraction of sp³-hybridized carbons (Fsp3) is 0.500. The van der Waals surface area contributed by atoms with Gasteiger partial charge in [0.25, 0.3) is 0 Å². The number of rotatable bonds is 5. The molecule has 2 rings (SSSR count). The molecule has 1 aliphatic heterocycles. The normalized spacial score (nSPS) is 15.3. The Hall–Kier alpha value is -2.09. The number of hydrogen-bond donors (Lipinski definition) is 0. The molecule has 1 heterocycles. The molecule has 132 valence electrons. The lowest BCUT2D eigenvalue weighted by atomic mass is 10.1. The Bertz CT molecular complexity index is 725. The molecule has 1 aliphatic rings. The van der Waals surface area contributed by atoms with Crippen molar-refractivity contribution in [2.45, 2.75) is 13.8 Å². The molecule has 0 bridgehead atoms. The van der Waals surface area contributed by atoms with Gasteiger partial charge < -0.3 is 9.80 Å². The first-order valence-corrected chi connectivity index (χ1v) is 9.60. The Kier molecular flexibility index (Phi) is 5.48. The molecular formula is C16H23N3O4S. The highest BCUT2D eigenvalue weighted by atomic mass is 32.2. The first-order valence-electron chi connectivity index (χ1n) is 7.75. The molecule has 0 spiro atoms. The predicted octanol–water partition coefficient (Wildman–Crippen LogP) is 0.370. The summed E-state index contributed by atoms with van der Waals surface area (Å²) in [4.78, 5) is 26.5. The van der Waals surface area contributed by atoms with Crippen LogP contribution in [0.1, 0.15) is 11.1 Å². The van der Waals surface area contributed by atoms with Crippen molar-refractivity contribution in [3.63, 3.8) is 0 Å². The smallest absolute Gasteiger partial charge is 0.243 e. The highest BCUT2D eigenvalue weighted by Gasteiger charge is 2.27. The van der Waals surface area contributed by atoms with Gasteiger partial charge in [-0.25, -0.2) is 8.42 Å². The molecule has 0 unspecified atom stereocenters. The number of piperazine rings is 1. The second-order valence-corrected chi connectivity index (χ2v) is 7.92. The van der Waals surface area contributed by atoms with Crippen molar-refractivity contribution < 1.29 is 18.0 Å². The van der Waals surface area contributed by atoms with Gasteiger partial charge in [-0.1, -0.05) is 12.1 Å². The molecule has 2 amide bonds. The van der Waals surface area contributed by atoms with Crippen LogP contribution in [0.15, 0.2) is 18.2 Å². The van der Waals surface area contributed by atoms with Crippen molar-refractivity contribution >= 4 is 28.0 Å². The van der Waals surface area contributed by atoms with Crippen molar-refractivity contribution in [2.24, 2.45) is 0 Å². The van der Waals surface area contributed by atoms with Crippen LogP contribution < -0.4 is 4.31 Å². The van der Waals surface area contributed by atoms with Crippen LogP contribution >= 0.6 is 0 Å². The van der Waals surface area contributed by atoms with Crippen LogP contribution in [0.3, 0.4) is 0 Å². The number of nitrogens with zero attached hydrogens (tertiary/aromatic N) is 3. The second-order valence-electron chi connectivity index (χ2n) is 6.01. The van der Waals surface area contributed by atoms with E-state index in [1.165, 1.54) is 0 Å². The van der Waals surface area contributed by atoms with Crippen LogP contribution in [-0.4, -0.2) is 69.5 Å². The minimum atomic E-state index is -3.59. The van der Waals surface area contributed by atoms with Crippen LogP contribution in [0.4, 0.5) is 5.69 Å². The van der Waals surface area contributed by atoms with Gasteiger partial charge in [0.05, 0.1) is 11.9 Å². The lowest BCUT2D eigenvalue weighted by molar-refractivity contribution is -0.133. The van der Waals surface area contributed by atoms with Gasteiger partial charge in [-0.2, -0.15) is 0 Å². The third-order valence-electron chi connectivity index (χ3n) is 4.34. The number of benzene rings is 1. The van der Waals surface area contributed by atoms with E-state index in [0.717, 1.165) is 28.1 Å². The quantitative estimate of drug-likeness (QED) is 0.717. The molecular weight excluding hydrogens is 330 g/mol.